The molecule has 2 aromatic rings. The third-order valence-corrected chi connectivity index (χ3v) is 8.89. The maximum Gasteiger partial charge on any atom is 0.573 e. The number of rotatable bonds is 8. The zero-order chi connectivity index (χ0) is 29.7. The molecule has 1 N–H and O–H groups in total. The van der Waals surface area contributed by atoms with E-state index in [9.17, 15) is 22.4 Å². The minimum absolute atomic E-state index is 0.0128. The monoisotopic (exact) mass is 592 g/mol. The van der Waals surface area contributed by atoms with Gasteiger partial charge in [0.25, 0.3) is 5.91 Å². The van der Waals surface area contributed by atoms with Crippen molar-refractivity contribution in [2.75, 3.05) is 13.1 Å². The number of aromatic nitrogens is 2. The first-order valence-corrected chi connectivity index (χ1v) is 15.2. The van der Waals surface area contributed by atoms with Gasteiger partial charge in [-0.25, -0.2) is 4.39 Å². The van der Waals surface area contributed by atoms with Gasteiger partial charge in [0.1, 0.15) is 11.9 Å². The summed E-state index contributed by atoms with van der Waals surface area (Å²) in [6.07, 6.45) is 5.17. The molecule has 2 aliphatic heterocycles. The van der Waals surface area contributed by atoms with Crippen molar-refractivity contribution in [3.8, 4) is 5.75 Å². The number of alkyl halides is 4. The summed E-state index contributed by atoms with van der Waals surface area (Å²) in [5, 5.41) is 11.8. The maximum atomic E-state index is 14.3. The molecule has 42 heavy (non-hydrogen) atoms. The van der Waals surface area contributed by atoms with Crippen LogP contribution < -0.4 is 10.1 Å². The van der Waals surface area contributed by atoms with Crippen molar-refractivity contribution >= 4 is 5.91 Å². The molecule has 0 radical (unpaired) electrons. The molecular formula is C31H40F4N4O3. The summed E-state index contributed by atoms with van der Waals surface area (Å²) in [6, 6.07) is 6.02. The Bertz CT molecular complexity index is 1190. The summed E-state index contributed by atoms with van der Waals surface area (Å²) in [7, 11) is 0. The molecule has 1 aliphatic carbocycles. The highest BCUT2D eigenvalue weighted by molar-refractivity contribution is 5.93. The number of hydrogen-bond acceptors (Lipinski definition) is 6. The molecule has 3 fully saturated rings. The average Bonchev–Trinajstić information content (AvgIpc) is 2.98. The van der Waals surface area contributed by atoms with E-state index in [4.69, 9.17) is 4.74 Å². The quantitative estimate of drug-likeness (QED) is 0.358. The normalized spacial score (nSPS) is 25.8. The lowest BCUT2D eigenvalue weighted by molar-refractivity contribution is -0.274. The number of piperidine rings is 1. The highest BCUT2D eigenvalue weighted by Crippen LogP contribution is 2.34. The smallest absolute Gasteiger partial charge is 0.406 e. The Morgan fingerprint density at radius 2 is 1.79 bits per heavy atom. The molecule has 1 aromatic heterocycles. The predicted octanol–water partition coefficient (Wildman–Crippen LogP) is 6.40. The van der Waals surface area contributed by atoms with Gasteiger partial charge < -0.3 is 19.7 Å². The molecule has 3 aliphatic rings. The average molecular weight is 593 g/mol. The van der Waals surface area contributed by atoms with E-state index in [1.807, 2.05) is 11.8 Å². The summed E-state index contributed by atoms with van der Waals surface area (Å²) in [6.45, 7) is 3.11. The van der Waals surface area contributed by atoms with Crippen LogP contribution in [-0.4, -0.2) is 64.8 Å². The van der Waals surface area contributed by atoms with Gasteiger partial charge in [-0.15, -0.1) is 18.3 Å². The van der Waals surface area contributed by atoms with Crippen molar-refractivity contribution < 1.29 is 31.8 Å². The van der Waals surface area contributed by atoms with Crippen LogP contribution >= 0.6 is 0 Å². The van der Waals surface area contributed by atoms with Crippen LogP contribution in [0.4, 0.5) is 17.6 Å². The van der Waals surface area contributed by atoms with Gasteiger partial charge in [0.2, 0.25) is 0 Å². The number of halogens is 4. The van der Waals surface area contributed by atoms with E-state index in [0.717, 1.165) is 74.5 Å². The van der Waals surface area contributed by atoms with Crippen molar-refractivity contribution in [2.24, 2.45) is 0 Å². The van der Waals surface area contributed by atoms with Crippen molar-refractivity contribution in [3.63, 3.8) is 0 Å². The number of nitrogens with zero attached hydrogens (tertiary/aromatic N) is 3. The molecule has 7 nitrogen and oxygen atoms in total. The van der Waals surface area contributed by atoms with Crippen LogP contribution in [0.15, 0.2) is 30.5 Å². The molecular weight excluding hydrogens is 552 g/mol. The molecule has 1 aromatic carbocycles. The fourth-order valence-electron chi connectivity index (χ4n) is 6.47. The van der Waals surface area contributed by atoms with E-state index in [-0.39, 0.29) is 35.9 Å². The fraction of sp³-hybridized carbons (Fsp3) is 0.645. The standard InChI is InChI=1S/C31H40F4N4O3/c1-20-22(11-12-24-5-4-8-28(41-24)21-9-13-25(14-10-21)42-31(33,34)35)19-36-38-29(20)30(40)39-17-15-23(16-18-39)37-27-7-3-2-6-26(27)32/h9-10,13-14,19,23-24,26-28,37H,2-8,11-12,15-18H2,1H3/t24-,26?,27+,28+/m1/s1. The van der Waals surface area contributed by atoms with Crippen molar-refractivity contribution in [1.82, 2.24) is 20.4 Å². The first-order chi connectivity index (χ1) is 20.2. The molecule has 2 saturated heterocycles. The predicted molar refractivity (Wildman–Crippen MR) is 149 cm³/mol. The van der Waals surface area contributed by atoms with Crippen LogP contribution in [0, 0.1) is 6.92 Å². The highest BCUT2D eigenvalue weighted by Gasteiger charge is 2.32. The van der Waals surface area contributed by atoms with Crippen molar-refractivity contribution in [2.45, 2.75) is 114 Å². The number of hydrogen-bond donors (Lipinski definition) is 1. The summed E-state index contributed by atoms with van der Waals surface area (Å²) < 4.78 is 62.0. The Labute approximate surface area is 244 Å². The number of aryl methyl sites for hydroxylation is 1. The van der Waals surface area contributed by atoms with Crippen LogP contribution in [0.5, 0.6) is 5.75 Å². The fourth-order valence-corrected chi connectivity index (χ4v) is 6.47. The Balaban J connectivity index is 1.12. The van der Waals surface area contributed by atoms with Crippen LogP contribution in [0.2, 0.25) is 0 Å². The summed E-state index contributed by atoms with van der Waals surface area (Å²) in [4.78, 5) is 15.2. The lowest BCUT2D eigenvalue weighted by Crippen LogP contribution is -2.51. The van der Waals surface area contributed by atoms with Gasteiger partial charge >= 0.3 is 6.36 Å². The van der Waals surface area contributed by atoms with Gasteiger partial charge in [-0.2, -0.15) is 5.10 Å². The van der Waals surface area contributed by atoms with E-state index in [1.165, 1.54) is 12.1 Å². The SMILES string of the molecule is Cc1c(CC[C@H]2CCC[C@@H](c3ccc(OC(F)(F)F)cc3)O2)cnnc1C(=O)N1CCC(N[C@H]2CCCCC2F)CC1. The number of benzene rings is 1. The van der Waals surface area contributed by atoms with Gasteiger partial charge in [-0.3, -0.25) is 4.79 Å². The molecule has 5 rings (SSSR count). The zero-order valence-corrected chi connectivity index (χ0v) is 24.0. The second kappa shape index (κ2) is 13.7. The number of ether oxygens (including phenoxy) is 2. The van der Waals surface area contributed by atoms with Crippen molar-refractivity contribution in [1.29, 1.82) is 0 Å². The maximum absolute atomic E-state index is 14.3. The van der Waals surface area contributed by atoms with Crippen molar-refractivity contribution in [3.05, 3.63) is 52.8 Å². The van der Waals surface area contributed by atoms with Crippen LogP contribution in [0.1, 0.15) is 97.5 Å². The number of amides is 1. The first kappa shape index (κ1) is 30.7. The van der Waals surface area contributed by atoms with E-state index < -0.39 is 12.5 Å². The Morgan fingerprint density at radius 1 is 1.05 bits per heavy atom. The van der Waals surface area contributed by atoms with Crippen LogP contribution in [-0.2, 0) is 11.2 Å². The second-order valence-corrected chi connectivity index (χ2v) is 11.8. The minimum Gasteiger partial charge on any atom is -0.406 e. The number of likely N-dealkylation sites (tertiary alicyclic amines) is 1. The minimum atomic E-state index is -4.72. The zero-order valence-electron chi connectivity index (χ0n) is 24.0. The third-order valence-electron chi connectivity index (χ3n) is 8.89. The molecule has 0 bridgehead atoms. The molecule has 0 spiro atoms. The third kappa shape index (κ3) is 7.98. The first-order valence-electron chi connectivity index (χ1n) is 15.2. The van der Waals surface area contributed by atoms with E-state index >= 15 is 0 Å². The number of carbonyl (C=O) groups excluding carboxylic acids is 1. The Kier molecular flexibility index (Phi) is 9.98. The molecule has 1 saturated carbocycles. The molecule has 230 valence electrons. The molecule has 1 unspecified atom stereocenters. The van der Waals surface area contributed by atoms with Crippen LogP contribution in [0.25, 0.3) is 0 Å². The van der Waals surface area contributed by atoms with Gasteiger partial charge in [-0.1, -0.05) is 25.0 Å². The lowest BCUT2D eigenvalue weighted by Gasteiger charge is -2.36. The van der Waals surface area contributed by atoms with Crippen LogP contribution in [0.3, 0.4) is 0 Å². The van der Waals surface area contributed by atoms with Gasteiger partial charge in [0, 0.05) is 25.2 Å². The summed E-state index contributed by atoms with van der Waals surface area (Å²) >= 11 is 0. The Morgan fingerprint density at radius 3 is 2.50 bits per heavy atom. The van der Waals surface area contributed by atoms with E-state index in [0.29, 0.717) is 31.6 Å². The summed E-state index contributed by atoms with van der Waals surface area (Å²) in [5.74, 6) is -0.367. The molecule has 11 heteroatoms. The van der Waals surface area contributed by atoms with E-state index in [1.54, 1.807) is 18.3 Å². The topological polar surface area (TPSA) is 76.6 Å². The Hall–Kier alpha value is -2.79. The number of nitrogens with one attached hydrogen (secondary N) is 1. The van der Waals surface area contributed by atoms with Gasteiger partial charge in [0.05, 0.1) is 18.4 Å². The lowest BCUT2D eigenvalue weighted by atomic mass is 9.92. The van der Waals surface area contributed by atoms with Gasteiger partial charge in [-0.05, 0) is 93.5 Å². The molecule has 1 amide bonds. The molecule has 4 atom stereocenters. The second-order valence-electron chi connectivity index (χ2n) is 11.8. The summed E-state index contributed by atoms with van der Waals surface area (Å²) in [5.41, 5.74) is 2.98. The van der Waals surface area contributed by atoms with Gasteiger partial charge in [0.15, 0.2) is 5.69 Å². The van der Waals surface area contributed by atoms with E-state index in [2.05, 4.69) is 20.3 Å². The number of carbonyl (C=O) groups is 1. The molecule has 3 heterocycles. The largest absolute Gasteiger partial charge is 0.573 e. The highest BCUT2D eigenvalue weighted by atomic mass is 19.4.